The summed E-state index contributed by atoms with van der Waals surface area (Å²) in [5.74, 6) is 0.239. The molecule has 1 aromatic heterocycles. The van der Waals surface area contributed by atoms with Crippen molar-refractivity contribution >= 4 is 29.2 Å². The van der Waals surface area contributed by atoms with Crippen LogP contribution >= 0.6 is 11.6 Å². The summed E-state index contributed by atoms with van der Waals surface area (Å²) >= 11 is 5.97. The van der Waals surface area contributed by atoms with E-state index in [1.54, 1.807) is 47.3 Å². The number of nitrogens with two attached hydrogens (primary N) is 1. The molecule has 28 heavy (non-hydrogen) atoms. The number of aryl methyl sites for hydroxylation is 1. The van der Waals surface area contributed by atoms with Gasteiger partial charge in [0.2, 0.25) is 5.91 Å². The Bertz CT molecular complexity index is 987. The molecule has 2 aromatic carbocycles. The molecule has 2 amide bonds. The number of rotatable bonds is 8. The van der Waals surface area contributed by atoms with Gasteiger partial charge in [0.05, 0.1) is 0 Å². The smallest absolute Gasteiger partial charge is 0.256 e. The number of hydrogen-bond acceptors (Lipinski definition) is 4. The largest absolute Gasteiger partial charge is 0.489 e. The van der Waals surface area contributed by atoms with Gasteiger partial charge in [-0.25, -0.2) is 0 Å². The van der Waals surface area contributed by atoms with Crippen LogP contribution in [0.2, 0.25) is 5.02 Å². The van der Waals surface area contributed by atoms with Crippen molar-refractivity contribution in [3.63, 3.8) is 0 Å². The van der Waals surface area contributed by atoms with Crippen molar-refractivity contribution in [2.24, 2.45) is 5.73 Å². The molecule has 0 radical (unpaired) electrons. The summed E-state index contributed by atoms with van der Waals surface area (Å²) in [5, 5.41) is 7.55. The number of nitrogens with zero attached hydrogens (tertiary/aromatic N) is 2. The van der Waals surface area contributed by atoms with Gasteiger partial charge in [-0.3, -0.25) is 14.3 Å². The zero-order chi connectivity index (χ0) is 19.9. The fourth-order valence-corrected chi connectivity index (χ4v) is 2.70. The maximum absolute atomic E-state index is 12.5. The molecule has 0 fully saturated rings. The molecule has 7 nitrogen and oxygen atoms in total. The van der Waals surface area contributed by atoms with E-state index in [1.807, 2.05) is 18.2 Å². The van der Waals surface area contributed by atoms with Crippen molar-refractivity contribution in [2.75, 3.05) is 5.32 Å². The van der Waals surface area contributed by atoms with Gasteiger partial charge >= 0.3 is 0 Å². The second kappa shape index (κ2) is 9.05. The van der Waals surface area contributed by atoms with Crippen molar-refractivity contribution in [2.45, 2.75) is 19.6 Å². The van der Waals surface area contributed by atoms with E-state index in [1.165, 1.54) is 0 Å². The SMILES string of the molecule is NC(=O)CCn1ccc(NC(=O)c2cccc(OCc3cccc(Cl)c3)c2)n1. The minimum Gasteiger partial charge on any atom is -0.489 e. The van der Waals surface area contributed by atoms with Crippen molar-refractivity contribution in [3.05, 3.63) is 76.9 Å². The molecule has 0 unspecified atom stereocenters. The summed E-state index contributed by atoms with van der Waals surface area (Å²) in [6.07, 6.45) is 1.85. The summed E-state index contributed by atoms with van der Waals surface area (Å²) in [6.45, 7) is 0.702. The first-order chi connectivity index (χ1) is 13.5. The lowest BCUT2D eigenvalue weighted by Gasteiger charge is -2.08. The second-order valence-electron chi connectivity index (χ2n) is 6.08. The standard InChI is InChI=1S/C20H19ClN4O3/c21-16-5-1-3-14(11-16)13-28-17-6-2-4-15(12-17)20(27)23-19-8-10-25(24-19)9-7-18(22)26/h1-6,8,10-12H,7,9,13H2,(H2,22,26)(H,23,24,27). The Kier molecular flexibility index (Phi) is 6.29. The van der Waals surface area contributed by atoms with E-state index in [-0.39, 0.29) is 12.3 Å². The Labute approximate surface area is 167 Å². The molecule has 3 rings (SSSR count). The van der Waals surface area contributed by atoms with Gasteiger partial charge in [0, 0.05) is 35.8 Å². The molecular formula is C20H19ClN4O3. The molecule has 0 saturated heterocycles. The van der Waals surface area contributed by atoms with E-state index in [2.05, 4.69) is 10.4 Å². The summed E-state index contributed by atoms with van der Waals surface area (Å²) < 4.78 is 7.29. The fourth-order valence-electron chi connectivity index (χ4n) is 2.49. The normalized spacial score (nSPS) is 10.5. The molecule has 144 valence electrons. The number of anilines is 1. The highest BCUT2D eigenvalue weighted by Crippen LogP contribution is 2.18. The van der Waals surface area contributed by atoms with E-state index < -0.39 is 5.91 Å². The molecule has 1 heterocycles. The van der Waals surface area contributed by atoms with Crippen molar-refractivity contribution < 1.29 is 14.3 Å². The number of carbonyl (C=O) groups excluding carboxylic acids is 2. The molecule has 8 heteroatoms. The maximum Gasteiger partial charge on any atom is 0.256 e. The van der Waals surface area contributed by atoms with Gasteiger partial charge in [-0.2, -0.15) is 5.10 Å². The van der Waals surface area contributed by atoms with Crippen LogP contribution in [0.15, 0.2) is 60.8 Å². The van der Waals surface area contributed by atoms with Crippen LogP contribution in [0.4, 0.5) is 5.82 Å². The number of amides is 2. The third-order valence-electron chi connectivity index (χ3n) is 3.86. The Hall–Kier alpha value is -3.32. The van der Waals surface area contributed by atoms with Crippen LogP contribution in [-0.2, 0) is 17.9 Å². The molecule has 0 aliphatic rings. The summed E-state index contributed by atoms with van der Waals surface area (Å²) in [4.78, 5) is 23.3. The van der Waals surface area contributed by atoms with E-state index in [4.69, 9.17) is 22.1 Å². The van der Waals surface area contributed by atoms with E-state index in [9.17, 15) is 9.59 Å². The number of nitrogens with one attached hydrogen (secondary N) is 1. The molecule has 3 N–H and O–H groups in total. The molecule has 0 bridgehead atoms. The highest BCUT2D eigenvalue weighted by molar-refractivity contribution is 6.30. The van der Waals surface area contributed by atoms with Crippen LogP contribution in [-0.4, -0.2) is 21.6 Å². The van der Waals surface area contributed by atoms with Crippen LogP contribution in [0.3, 0.4) is 0 Å². The van der Waals surface area contributed by atoms with Crippen molar-refractivity contribution in [3.8, 4) is 5.75 Å². The topological polar surface area (TPSA) is 99.2 Å². The average molecular weight is 399 g/mol. The number of halogens is 1. The van der Waals surface area contributed by atoms with Gasteiger partial charge in [0.25, 0.3) is 5.91 Å². The molecule has 0 aliphatic heterocycles. The molecule has 0 aliphatic carbocycles. The minimum absolute atomic E-state index is 0.182. The lowest BCUT2D eigenvalue weighted by molar-refractivity contribution is -0.118. The number of hydrogen-bond donors (Lipinski definition) is 2. The van der Waals surface area contributed by atoms with Gasteiger partial charge in [-0.1, -0.05) is 29.8 Å². The van der Waals surface area contributed by atoms with Gasteiger partial charge in [-0.05, 0) is 35.9 Å². The summed E-state index contributed by atoms with van der Waals surface area (Å²) in [6, 6.07) is 15.9. The third-order valence-corrected chi connectivity index (χ3v) is 4.10. The number of primary amides is 1. The molecule has 0 spiro atoms. The second-order valence-corrected chi connectivity index (χ2v) is 6.52. The van der Waals surface area contributed by atoms with Crippen LogP contribution in [0.1, 0.15) is 22.3 Å². The first-order valence-electron chi connectivity index (χ1n) is 8.60. The Morgan fingerprint density at radius 2 is 1.96 bits per heavy atom. The fraction of sp³-hybridized carbons (Fsp3) is 0.150. The van der Waals surface area contributed by atoms with Crippen LogP contribution in [0.5, 0.6) is 5.75 Å². The van der Waals surface area contributed by atoms with Crippen LogP contribution in [0.25, 0.3) is 0 Å². The molecule has 0 saturated carbocycles. The van der Waals surface area contributed by atoms with Crippen LogP contribution < -0.4 is 15.8 Å². The van der Waals surface area contributed by atoms with Crippen molar-refractivity contribution in [1.82, 2.24) is 9.78 Å². The number of benzene rings is 2. The highest BCUT2D eigenvalue weighted by atomic mass is 35.5. The lowest BCUT2D eigenvalue weighted by Crippen LogP contribution is -2.15. The zero-order valence-corrected chi connectivity index (χ0v) is 15.7. The van der Waals surface area contributed by atoms with E-state index >= 15 is 0 Å². The van der Waals surface area contributed by atoms with Gasteiger partial charge in [0.15, 0.2) is 5.82 Å². The third kappa shape index (κ3) is 5.59. The number of carbonyl (C=O) groups is 2. The quantitative estimate of drug-likeness (QED) is 0.608. The molecular weight excluding hydrogens is 380 g/mol. The lowest BCUT2D eigenvalue weighted by atomic mass is 10.2. The minimum atomic E-state index is -0.407. The van der Waals surface area contributed by atoms with Crippen LogP contribution in [0, 0.1) is 0 Å². The summed E-state index contributed by atoms with van der Waals surface area (Å²) in [7, 11) is 0. The monoisotopic (exact) mass is 398 g/mol. The maximum atomic E-state index is 12.5. The number of aromatic nitrogens is 2. The van der Waals surface area contributed by atoms with Gasteiger partial charge in [0.1, 0.15) is 12.4 Å². The molecule has 3 aromatic rings. The Balaban J connectivity index is 1.60. The Morgan fingerprint density at radius 1 is 1.14 bits per heavy atom. The Morgan fingerprint density at radius 3 is 2.75 bits per heavy atom. The van der Waals surface area contributed by atoms with E-state index in [0.29, 0.717) is 35.3 Å². The highest BCUT2D eigenvalue weighted by Gasteiger charge is 2.10. The number of ether oxygens (including phenoxy) is 1. The first kappa shape index (κ1) is 19.4. The van der Waals surface area contributed by atoms with Crippen molar-refractivity contribution in [1.29, 1.82) is 0 Å². The summed E-state index contributed by atoms with van der Waals surface area (Å²) in [5.41, 5.74) is 6.49. The molecule has 0 atom stereocenters. The van der Waals surface area contributed by atoms with Gasteiger partial charge in [-0.15, -0.1) is 0 Å². The van der Waals surface area contributed by atoms with E-state index in [0.717, 1.165) is 5.56 Å². The predicted molar refractivity (Wildman–Crippen MR) is 106 cm³/mol. The zero-order valence-electron chi connectivity index (χ0n) is 15.0. The predicted octanol–water partition coefficient (Wildman–Crippen LogP) is 3.24. The average Bonchev–Trinajstić information content (AvgIpc) is 3.12. The van der Waals surface area contributed by atoms with Gasteiger partial charge < -0.3 is 15.8 Å². The first-order valence-corrected chi connectivity index (χ1v) is 8.98.